The number of rotatable bonds is 4. The largest absolute Gasteiger partial charge is 0.373 e. The van der Waals surface area contributed by atoms with Crippen LogP contribution in [0.5, 0.6) is 0 Å². The molecule has 0 amide bonds. The molecule has 0 fully saturated rings. The van der Waals surface area contributed by atoms with Crippen LogP contribution >= 0.6 is 34.8 Å². The van der Waals surface area contributed by atoms with E-state index in [-0.39, 0.29) is 6.10 Å². The lowest BCUT2D eigenvalue weighted by Gasteiger charge is -2.14. The third-order valence-corrected chi connectivity index (χ3v) is 3.71. The minimum absolute atomic E-state index is 0.218. The Morgan fingerprint density at radius 1 is 1.05 bits per heavy atom. The summed E-state index contributed by atoms with van der Waals surface area (Å²) in [4.78, 5) is 8.57. The molecule has 0 aliphatic carbocycles. The highest BCUT2D eigenvalue weighted by Crippen LogP contribution is 2.34. The minimum Gasteiger partial charge on any atom is -0.373 e. The molecule has 0 aliphatic rings. The number of benzene rings is 1. The maximum atomic E-state index is 6.24. The average molecular weight is 332 g/mol. The van der Waals surface area contributed by atoms with Crippen molar-refractivity contribution in [3.8, 4) is 11.1 Å². The molecule has 2 rings (SSSR count). The van der Waals surface area contributed by atoms with Gasteiger partial charge in [-0.1, -0.05) is 53.9 Å². The van der Waals surface area contributed by atoms with Crippen LogP contribution in [0.25, 0.3) is 11.1 Å². The van der Waals surface area contributed by atoms with Crippen molar-refractivity contribution in [3.05, 3.63) is 45.4 Å². The summed E-state index contributed by atoms with van der Waals surface area (Å²) < 4.78 is 5.30. The second-order valence-corrected chi connectivity index (χ2v) is 5.33. The lowest BCUT2D eigenvalue weighted by atomic mass is 10.1. The van der Waals surface area contributed by atoms with Gasteiger partial charge in [-0.25, -0.2) is 9.97 Å². The Hall–Kier alpha value is -0.870. The van der Waals surface area contributed by atoms with Crippen LogP contribution in [0, 0.1) is 0 Å². The van der Waals surface area contributed by atoms with Crippen LogP contribution in [0.15, 0.2) is 24.3 Å². The first-order valence-corrected chi connectivity index (χ1v) is 7.21. The molecule has 1 unspecified atom stereocenters. The van der Waals surface area contributed by atoms with Gasteiger partial charge in [-0.15, -0.1) is 0 Å². The van der Waals surface area contributed by atoms with Gasteiger partial charge >= 0.3 is 0 Å². The summed E-state index contributed by atoms with van der Waals surface area (Å²) in [5.74, 6) is 0.489. The Kier molecular flexibility index (Phi) is 5.22. The molecule has 1 aromatic heterocycles. The van der Waals surface area contributed by atoms with Gasteiger partial charge in [-0.05, 0) is 24.1 Å². The number of nitrogens with zero attached hydrogens (tertiary/aromatic N) is 2. The number of aromatic nitrogens is 2. The molecule has 0 aliphatic heterocycles. The fourth-order valence-electron chi connectivity index (χ4n) is 1.88. The molecular weight excluding hydrogens is 319 g/mol. The van der Waals surface area contributed by atoms with Crippen molar-refractivity contribution in [1.29, 1.82) is 0 Å². The fourth-order valence-corrected chi connectivity index (χ4v) is 2.62. The number of halogens is 3. The van der Waals surface area contributed by atoms with Crippen molar-refractivity contribution < 1.29 is 4.74 Å². The van der Waals surface area contributed by atoms with Crippen LogP contribution in [0.1, 0.15) is 25.3 Å². The lowest BCUT2D eigenvalue weighted by Crippen LogP contribution is -2.07. The molecular formula is C14H13Cl3N2O. The molecule has 20 heavy (non-hydrogen) atoms. The van der Waals surface area contributed by atoms with Gasteiger partial charge in [0.05, 0.1) is 5.56 Å². The van der Waals surface area contributed by atoms with E-state index in [2.05, 4.69) is 9.97 Å². The molecule has 6 heteroatoms. The molecule has 1 aromatic carbocycles. The van der Waals surface area contributed by atoms with E-state index in [1.54, 1.807) is 19.2 Å². The zero-order chi connectivity index (χ0) is 14.7. The van der Waals surface area contributed by atoms with Crippen LogP contribution in [-0.4, -0.2) is 17.1 Å². The van der Waals surface area contributed by atoms with E-state index in [9.17, 15) is 0 Å². The van der Waals surface area contributed by atoms with Crippen LogP contribution in [0.4, 0.5) is 0 Å². The summed E-state index contributed by atoms with van der Waals surface area (Å²) in [6, 6.07) is 7.18. The van der Waals surface area contributed by atoms with Gasteiger partial charge in [0, 0.05) is 12.1 Å². The van der Waals surface area contributed by atoms with Gasteiger partial charge in [-0.2, -0.15) is 0 Å². The highest BCUT2D eigenvalue weighted by Gasteiger charge is 2.18. The molecule has 0 saturated heterocycles. The molecule has 106 valence electrons. The van der Waals surface area contributed by atoms with E-state index in [1.165, 1.54) is 0 Å². The van der Waals surface area contributed by atoms with Crippen LogP contribution in [0.3, 0.4) is 0 Å². The van der Waals surface area contributed by atoms with Crippen molar-refractivity contribution in [3.63, 3.8) is 0 Å². The summed E-state index contributed by atoms with van der Waals surface area (Å²) in [6.45, 7) is 1.98. The van der Waals surface area contributed by atoms with Gasteiger partial charge in [0.2, 0.25) is 0 Å². The number of ether oxygens (including phenoxy) is 1. The Morgan fingerprint density at radius 3 is 2.05 bits per heavy atom. The SMILES string of the molecule is CCC(OC)c1nc(Cl)c(-c2ccc(Cl)cc2)c(Cl)n1. The van der Waals surface area contributed by atoms with Crippen molar-refractivity contribution in [2.45, 2.75) is 19.4 Å². The quantitative estimate of drug-likeness (QED) is 0.722. The third-order valence-electron chi connectivity index (χ3n) is 2.91. The molecule has 2 aromatic rings. The van der Waals surface area contributed by atoms with E-state index in [1.807, 2.05) is 19.1 Å². The van der Waals surface area contributed by atoms with E-state index in [4.69, 9.17) is 39.5 Å². The van der Waals surface area contributed by atoms with Crippen LogP contribution < -0.4 is 0 Å². The van der Waals surface area contributed by atoms with Gasteiger partial charge in [0.25, 0.3) is 0 Å². The Bertz CT molecular complexity index is 575. The fraction of sp³-hybridized carbons (Fsp3) is 0.286. The van der Waals surface area contributed by atoms with Crippen molar-refractivity contribution >= 4 is 34.8 Å². The smallest absolute Gasteiger partial charge is 0.160 e. The highest BCUT2D eigenvalue weighted by atomic mass is 35.5. The summed E-state index contributed by atoms with van der Waals surface area (Å²) in [5, 5.41) is 1.25. The monoisotopic (exact) mass is 330 g/mol. The molecule has 0 saturated carbocycles. The highest BCUT2D eigenvalue weighted by molar-refractivity contribution is 6.37. The summed E-state index contributed by atoms with van der Waals surface area (Å²) in [6.07, 6.45) is 0.521. The summed E-state index contributed by atoms with van der Waals surface area (Å²) in [5.41, 5.74) is 1.42. The minimum atomic E-state index is -0.218. The molecule has 1 atom stereocenters. The zero-order valence-electron chi connectivity index (χ0n) is 11.0. The Labute approximate surface area is 132 Å². The average Bonchev–Trinajstić information content (AvgIpc) is 2.41. The number of hydrogen-bond acceptors (Lipinski definition) is 3. The van der Waals surface area contributed by atoms with Gasteiger partial charge in [0.15, 0.2) is 5.82 Å². The van der Waals surface area contributed by atoms with E-state index < -0.39 is 0 Å². The first-order chi connectivity index (χ1) is 9.56. The Morgan fingerprint density at radius 2 is 1.60 bits per heavy atom. The Balaban J connectivity index is 2.48. The van der Waals surface area contributed by atoms with Crippen molar-refractivity contribution in [2.24, 2.45) is 0 Å². The van der Waals surface area contributed by atoms with Crippen molar-refractivity contribution in [1.82, 2.24) is 9.97 Å². The van der Waals surface area contributed by atoms with Crippen LogP contribution in [-0.2, 0) is 4.74 Å². The molecule has 0 bridgehead atoms. The second kappa shape index (κ2) is 6.72. The predicted octanol–water partition coefficient (Wildman–Crippen LogP) is 5.20. The van der Waals surface area contributed by atoms with Crippen molar-refractivity contribution in [2.75, 3.05) is 7.11 Å². The van der Waals surface area contributed by atoms with Gasteiger partial charge < -0.3 is 4.74 Å². The normalized spacial score (nSPS) is 12.4. The maximum Gasteiger partial charge on any atom is 0.160 e. The van der Waals surface area contributed by atoms with Crippen LogP contribution in [0.2, 0.25) is 15.3 Å². The molecule has 0 spiro atoms. The molecule has 0 radical (unpaired) electrons. The molecule has 1 heterocycles. The first kappa shape index (κ1) is 15.5. The summed E-state index contributed by atoms with van der Waals surface area (Å²) >= 11 is 18.4. The van der Waals surface area contributed by atoms with Gasteiger partial charge in [-0.3, -0.25) is 0 Å². The predicted molar refractivity (Wildman–Crippen MR) is 82.5 cm³/mol. The number of hydrogen-bond donors (Lipinski definition) is 0. The van der Waals surface area contributed by atoms with E-state index in [0.29, 0.717) is 26.7 Å². The van der Waals surface area contributed by atoms with E-state index in [0.717, 1.165) is 12.0 Å². The molecule has 0 N–H and O–H groups in total. The lowest BCUT2D eigenvalue weighted by molar-refractivity contribution is 0.0926. The maximum absolute atomic E-state index is 6.24. The number of methoxy groups -OCH3 is 1. The topological polar surface area (TPSA) is 35.0 Å². The first-order valence-electron chi connectivity index (χ1n) is 6.08. The summed E-state index contributed by atoms with van der Waals surface area (Å²) in [7, 11) is 1.60. The second-order valence-electron chi connectivity index (χ2n) is 4.18. The van der Waals surface area contributed by atoms with Gasteiger partial charge in [0.1, 0.15) is 16.4 Å². The van der Waals surface area contributed by atoms with E-state index >= 15 is 0 Å². The third kappa shape index (κ3) is 3.23. The standard InChI is InChI=1S/C14H13Cl3N2O/c1-3-10(20-2)14-18-12(16)11(13(17)19-14)8-4-6-9(15)7-5-8/h4-7,10H,3H2,1-2H3. The molecule has 3 nitrogen and oxygen atoms in total. The zero-order valence-corrected chi connectivity index (χ0v) is 13.3.